The summed E-state index contributed by atoms with van der Waals surface area (Å²) >= 11 is 0. The Morgan fingerprint density at radius 1 is 0.864 bits per heavy atom. The summed E-state index contributed by atoms with van der Waals surface area (Å²) in [5.41, 5.74) is 0. The molecule has 0 aromatic rings. The number of carbonyl (C=O) groups is 1. The fraction of sp³-hybridized carbons (Fsp3) is 0.923. The molecular weight excluding hydrogens is 300 g/mol. The van der Waals surface area contributed by atoms with E-state index >= 15 is 0 Å². The number of ketones is 1. The zero-order valence-corrected chi connectivity index (χ0v) is 13.5. The van der Waals surface area contributed by atoms with Crippen LogP contribution < -0.4 is 0 Å². The Hall–Kier alpha value is -0.650. The minimum absolute atomic E-state index is 0.250. The van der Waals surface area contributed by atoms with Gasteiger partial charge in [-0.3, -0.25) is 4.79 Å². The van der Waals surface area contributed by atoms with Crippen molar-refractivity contribution >= 4 is 5.78 Å². The van der Waals surface area contributed by atoms with Crippen LogP contribution in [0.2, 0.25) is 0 Å². The van der Waals surface area contributed by atoms with Crippen molar-refractivity contribution in [2.75, 3.05) is 33.0 Å². The summed E-state index contributed by atoms with van der Waals surface area (Å²) in [5, 5.41) is 66.1. The number of rotatable bonds is 6. The second kappa shape index (κ2) is 25.3. The van der Waals surface area contributed by atoms with Crippen molar-refractivity contribution < 1.29 is 45.6 Å². The van der Waals surface area contributed by atoms with Crippen molar-refractivity contribution in [3.63, 3.8) is 0 Å². The number of aliphatic hydroxyl groups excluding tert-OH is 8. The number of carbonyl (C=O) groups excluding carboxylic acids is 1. The van der Waals surface area contributed by atoms with E-state index < -0.39 is 37.3 Å². The molecule has 3 atom stereocenters. The molecule has 0 aromatic heterocycles. The van der Waals surface area contributed by atoms with Crippen LogP contribution in [-0.4, -0.2) is 98.0 Å². The number of hydrogen-bond donors (Lipinski definition) is 8. The standard InChI is InChI=1S/C6H12O6.C3H8O.2C2H6O/c7-1-3(9)5(11)6(12)4(10)2-8;1-2-3-4;2*1-2-3/h3,5-9,11-12H,1-2H2;4H,2-3H2,1H3;2*3H,2H2,1H3/t3-,5+,6+;;;/m1.../s1. The molecule has 0 spiro atoms. The lowest BCUT2D eigenvalue weighted by atomic mass is 10.1. The zero-order chi connectivity index (χ0) is 18.6. The van der Waals surface area contributed by atoms with Gasteiger partial charge in [0.1, 0.15) is 24.9 Å². The molecule has 0 unspecified atom stereocenters. The Bertz CT molecular complexity index is 198. The fourth-order valence-electron chi connectivity index (χ4n) is 0.602. The molecule has 138 valence electrons. The summed E-state index contributed by atoms with van der Waals surface area (Å²) in [6.45, 7) is 4.42. The number of aliphatic hydroxyl groups is 8. The van der Waals surface area contributed by atoms with Gasteiger partial charge in [0.2, 0.25) is 0 Å². The molecule has 0 saturated carbocycles. The molecule has 9 heteroatoms. The fourth-order valence-corrected chi connectivity index (χ4v) is 0.602. The summed E-state index contributed by atoms with van der Waals surface area (Å²) in [7, 11) is 0. The molecule has 0 bridgehead atoms. The van der Waals surface area contributed by atoms with E-state index in [1.807, 2.05) is 6.92 Å². The van der Waals surface area contributed by atoms with Gasteiger partial charge in [0.05, 0.1) is 6.61 Å². The van der Waals surface area contributed by atoms with E-state index in [1.54, 1.807) is 13.8 Å². The van der Waals surface area contributed by atoms with E-state index in [2.05, 4.69) is 0 Å². The Morgan fingerprint density at radius 2 is 1.18 bits per heavy atom. The van der Waals surface area contributed by atoms with Crippen LogP contribution in [0.3, 0.4) is 0 Å². The first-order valence-corrected chi connectivity index (χ1v) is 6.90. The lowest BCUT2D eigenvalue weighted by Gasteiger charge is -2.19. The highest BCUT2D eigenvalue weighted by molar-refractivity contribution is 5.84. The predicted octanol–water partition coefficient (Wildman–Crippen LogP) is -2.99. The molecule has 0 rings (SSSR count). The van der Waals surface area contributed by atoms with Crippen molar-refractivity contribution in [3.8, 4) is 0 Å². The van der Waals surface area contributed by atoms with Crippen molar-refractivity contribution in [1.82, 2.24) is 0 Å². The normalized spacial score (nSPS) is 13.0. The lowest BCUT2D eigenvalue weighted by molar-refractivity contribution is -0.142. The van der Waals surface area contributed by atoms with Gasteiger partial charge in [-0.2, -0.15) is 0 Å². The van der Waals surface area contributed by atoms with Crippen molar-refractivity contribution in [2.45, 2.75) is 45.5 Å². The molecule has 0 aliphatic carbocycles. The van der Waals surface area contributed by atoms with Crippen LogP contribution in [0.4, 0.5) is 0 Å². The maximum atomic E-state index is 10.5. The van der Waals surface area contributed by atoms with Crippen LogP contribution in [0.1, 0.15) is 27.2 Å². The highest BCUT2D eigenvalue weighted by Gasteiger charge is 2.28. The molecular formula is C13H32O9. The largest absolute Gasteiger partial charge is 0.397 e. The topological polar surface area (TPSA) is 179 Å². The van der Waals surface area contributed by atoms with E-state index in [1.165, 1.54) is 0 Å². The molecule has 0 aliphatic rings. The molecule has 0 saturated heterocycles. The quantitative estimate of drug-likeness (QED) is 0.252. The van der Waals surface area contributed by atoms with Gasteiger partial charge in [-0.05, 0) is 20.3 Å². The van der Waals surface area contributed by atoms with E-state index in [4.69, 9.17) is 40.9 Å². The van der Waals surface area contributed by atoms with Gasteiger partial charge >= 0.3 is 0 Å². The number of hydrogen-bond acceptors (Lipinski definition) is 9. The van der Waals surface area contributed by atoms with Crippen LogP contribution in [0.5, 0.6) is 0 Å². The zero-order valence-electron chi connectivity index (χ0n) is 13.5. The highest BCUT2D eigenvalue weighted by Crippen LogP contribution is 2.00. The minimum Gasteiger partial charge on any atom is -0.397 e. The van der Waals surface area contributed by atoms with Crippen LogP contribution >= 0.6 is 0 Å². The molecule has 0 heterocycles. The molecule has 0 radical (unpaired) electrons. The first-order chi connectivity index (χ1) is 10.3. The van der Waals surface area contributed by atoms with Gasteiger partial charge in [0, 0.05) is 19.8 Å². The molecule has 9 nitrogen and oxygen atoms in total. The average molecular weight is 332 g/mol. The Morgan fingerprint density at radius 3 is 1.36 bits per heavy atom. The summed E-state index contributed by atoms with van der Waals surface area (Å²) in [4.78, 5) is 10.5. The van der Waals surface area contributed by atoms with Crippen LogP contribution in [0, 0.1) is 0 Å². The Balaban J connectivity index is -0.000000133. The molecule has 0 aliphatic heterocycles. The third kappa shape index (κ3) is 24.4. The van der Waals surface area contributed by atoms with Gasteiger partial charge in [-0.25, -0.2) is 0 Å². The SMILES string of the molecule is CCCO.CCO.CCO.O=C(CO)[C@H](O)[C@@H](O)[C@H](O)CO. The van der Waals surface area contributed by atoms with E-state index in [9.17, 15) is 4.79 Å². The number of Topliss-reactive ketones (excluding diaryl/α,β-unsaturated/α-hetero) is 1. The van der Waals surface area contributed by atoms with Crippen molar-refractivity contribution in [3.05, 3.63) is 0 Å². The van der Waals surface area contributed by atoms with E-state index in [-0.39, 0.29) is 13.2 Å². The lowest BCUT2D eigenvalue weighted by Crippen LogP contribution is -2.44. The van der Waals surface area contributed by atoms with Gasteiger partial charge in [-0.1, -0.05) is 6.92 Å². The first kappa shape index (κ1) is 29.4. The van der Waals surface area contributed by atoms with Gasteiger partial charge in [-0.15, -0.1) is 0 Å². The monoisotopic (exact) mass is 332 g/mol. The first-order valence-electron chi connectivity index (χ1n) is 6.90. The minimum atomic E-state index is -1.86. The molecule has 0 amide bonds. The van der Waals surface area contributed by atoms with E-state index in [0.717, 1.165) is 6.42 Å². The van der Waals surface area contributed by atoms with Crippen molar-refractivity contribution in [1.29, 1.82) is 0 Å². The van der Waals surface area contributed by atoms with Gasteiger partial charge < -0.3 is 40.9 Å². The Kier molecular flexibility index (Phi) is 33.8. The second-order valence-electron chi connectivity index (χ2n) is 3.67. The third-order valence-corrected chi connectivity index (χ3v) is 1.61. The molecule has 0 aromatic carbocycles. The predicted molar refractivity (Wildman–Crippen MR) is 80.1 cm³/mol. The smallest absolute Gasteiger partial charge is 0.189 e. The maximum absolute atomic E-state index is 10.5. The van der Waals surface area contributed by atoms with Crippen LogP contribution in [0.25, 0.3) is 0 Å². The van der Waals surface area contributed by atoms with Gasteiger partial charge in [0.15, 0.2) is 5.78 Å². The average Bonchev–Trinajstić information content (AvgIpc) is 2.53. The summed E-state index contributed by atoms with van der Waals surface area (Å²) < 4.78 is 0. The summed E-state index contributed by atoms with van der Waals surface area (Å²) in [5.74, 6) is -1.00. The van der Waals surface area contributed by atoms with Gasteiger partial charge in [0.25, 0.3) is 0 Å². The second-order valence-corrected chi connectivity index (χ2v) is 3.67. The summed E-state index contributed by atoms with van der Waals surface area (Å²) in [6.07, 6.45) is -4.35. The molecule has 8 N–H and O–H groups in total. The Labute approximate surface area is 131 Å². The third-order valence-electron chi connectivity index (χ3n) is 1.61. The molecule has 22 heavy (non-hydrogen) atoms. The van der Waals surface area contributed by atoms with E-state index in [0.29, 0.717) is 6.61 Å². The highest BCUT2D eigenvalue weighted by atomic mass is 16.4. The molecule has 0 fully saturated rings. The van der Waals surface area contributed by atoms with Crippen LogP contribution in [-0.2, 0) is 4.79 Å². The van der Waals surface area contributed by atoms with Crippen molar-refractivity contribution in [2.24, 2.45) is 0 Å². The maximum Gasteiger partial charge on any atom is 0.189 e. The van der Waals surface area contributed by atoms with Crippen LogP contribution in [0.15, 0.2) is 0 Å². The summed E-state index contributed by atoms with van der Waals surface area (Å²) in [6, 6.07) is 0.